The monoisotopic (exact) mass is 486 g/mol. The van der Waals surface area contributed by atoms with Crippen molar-refractivity contribution in [1.29, 1.82) is 0 Å². The Labute approximate surface area is 211 Å². The minimum absolute atomic E-state index is 0.119. The van der Waals surface area contributed by atoms with Crippen LogP contribution >= 0.6 is 0 Å². The fraction of sp³-hybridized carbons (Fsp3) is 0.393. The van der Waals surface area contributed by atoms with Crippen LogP contribution in [0.1, 0.15) is 44.0 Å². The number of fused-ring (bicyclic) bond motifs is 2. The van der Waals surface area contributed by atoms with Gasteiger partial charge < -0.3 is 15.3 Å². The van der Waals surface area contributed by atoms with Crippen molar-refractivity contribution < 1.29 is 5.11 Å². The first-order valence-corrected chi connectivity index (χ1v) is 12.5. The molecule has 36 heavy (non-hydrogen) atoms. The lowest BCUT2D eigenvalue weighted by molar-refractivity contribution is 0.0738. The molecule has 4 aromatic rings. The number of nitrogens with one attached hydrogen (secondary N) is 1. The molecule has 0 amide bonds. The molecule has 1 unspecified atom stereocenters. The maximum Gasteiger partial charge on any atom is 0.276 e. The number of nitrogens with zero attached hydrogens (tertiary/aromatic N) is 5. The van der Waals surface area contributed by atoms with Crippen LogP contribution in [0.4, 0.5) is 11.5 Å². The molecule has 0 saturated heterocycles. The SMILES string of the molecule is CCn1c(=O)c2cnc(Nc3ccc4c(c3)CCC(N(C)C)C4)cc2n1-c1cccc(C(C)(C)O)n1. The summed E-state index contributed by atoms with van der Waals surface area (Å²) in [6, 6.07) is 14.5. The van der Waals surface area contributed by atoms with Gasteiger partial charge in [0.05, 0.1) is 16.6 Å². The number of aromatic nitrogens is 4. The van der Waals surface area contributed by atoms with Gasteiger partial charge in [0.15, 0.2) is 5.82 Å². The second-order valence-electron chi connectivity index (χ2n) is 10.3. The normalized spacial score (nSPS) is 15.9. The summed E-state index contributed by atoms with van der Waals surface area (Å²) in [5, 5.41) is 14.4. The number of benzene rings is 1. The molecular weight excluding hydrogens is 452 g/mol. The summed E-state index contributed by atoms with van der Waals surface area (Å²) in [6.07, 6.45) is 4.91. The lowest BCUT2D eigenvalue weighted by Gasteiger charge is -2.30. The van der Waals surface area contributed by atoms with Crippen molar-refractivity contribution in [3.8, 4) is 5.82 Å². The fourth-order valence-corrected chi connectivity index (χ4v) is 5.03. The topological polar surface area (TPSA) is 88.2 Å². The van der Waals surface area contributed by atoms with E-state index in [1.165, 1.54) is 11.1 Å². The van der Waals surface area contributed by atoms with E-state index in [0.717, 1.165) is 24.9 Å². The highest BCUT2D eigenvalue weighted by Gasteiger charge is 2.22. The maximum absolute atomic E-state index is 13.1. The highest BCUT2D eigenvalue weighted by Crippen LogP contribution is 2.28. The van der Waals surface area contributed by atoms with Crippen LogP contribution in [0.2, 0.25) is 0 Å². The van der Waals surface area contributed by atoms with Crippen molar-refractivity contribution in [1.82, 2.24) is 24.2 Å². The molecule has 0 saturated carbocycles. The smallest absolute Gasteiger partial charge is 0.276 e. The van der Waals surface area contributed by atoms with Gasteiger partial charge in [-0.15, -0.1) is 0 Å². The molecule has 3 aromatic heterocycles. The Morgan fingerprint density at radius 1 is 1.17 bits per heavy atom. The summed E-state index contributed by atoms with van der Waals surface area (Å²) in [5.41, 5.74) is 3.80. The third-order valence-electron chi connectivity index (χ3n) is 7.11. The first-order valence-electron chi connectivity index (χ1n) is 12.5. The summed E-state index contributed by atoms with van der Waals surface area (Å²) < 4.78 is 3.46. The number of hydrogen-bond acceptors (Lipinski definition) is 6. The molecule has 0 spiro atoms. The molecule has 8 nitrogen and oxygen atoms in total. The maximum atomic E-state index is 13.1. The first kappa shape index (κ1) is 24.2. The fourth-order valence-electron chi connectivity index (χ4n) is 5.03. The van der Waals surface area contributed by atoms with Gasteiger partial charge in [-0.2, -0.15) is 0 Å². The Balaban J connectivity index is 1.53. The molecule has 188 valence electrons. The Bertz CT molecular complexity index is 1480. The average molecular weight is 487 g/mol. The highest BCUT2D eigenvalue weighted by atomic mass is 16.3. The molecule has 0 radical (unpaired) electrons. The third kappa shape index (κ3) is 4.42. The zero-order valence-corrected chi connectivity index (χ0v) is 21.6. The van der Waals surface area contributed by atoms with E-state index in [-0.39, 0.29) is 5.56 Å². The summed E-state index contributed by atoms with van der Waals surface area (Å²) >= 11 is 0. The van der Waals surface area contributed by atoms with Crippen LogP contribution < -0.4 is 10.9 Å². The predicted molar refractivity (Wildman–Crippen MR) is 143 cm³/mol. The van der Waals surface area contributed by atoms with Crippen LogP contribution in [0.5, 0.6) is 0 Å². The molecule has 1 aromatic carbocycles. The van der Waals surface area contributed by atoms with Crippen LogP contribution in [-0.4, -0.2) is 49.5 Å². The summed E-state index contributed by atoms with van der Waals surface area (Å²) in [5.74, 6) is 1.23. The minimum atomic E-state index is -1.09. The quantitative estimate of drug-likeness (QED) is 0.429. The lowest BCUT2D eigenvalue weighted by atomic mass is 9.87. The molecule has 3 heterocycles. The molecule has 8 heteroatoms. The van der Waals surface area contributed by atoms with Gasteiger partial charge in [0, 0.05) is 30.5 Å². The van der Waals surface area contributed by atoms with E-state index in [1.54, 1.807) is 30.8 Å². The molecular formula is C28H34N6O2. The average Bonchev–Trinajstić information content (AvgIpc) is 3.14. The van der Waals surface area contributed by atoms with E-state index in [1.807, 2.05) is 29.8 Å². The van der Waals surface area contributed by atoms with Gasteiger partial charge in [0.2, 0.25) is 0 Å². The van der Waals surface area contributed by atoms with E-state index in [9.17, 15) is 9.90 Å². The van der Waals surface area contributed by atoms with E-state index in [4.69, 9.17) is 0 Å². The summed E-state index contributed by atoms with van der Waals surface area (Å²) in [4.78, 5) is 24.7. The Morgan fingerprint density at radius 3 is 2.69 bits per heavy atom. The van der Waals surface area contributed by atoms with Gasteiger partial charge in [0.25, 0.3) is 5.56 Å². The van der Waals surface area contributed by atoms with Crippen LogP contribution in [0.3, 0.4) is 0 Å². The Hall–Kier alpha value is -3.49. The van der Waals surface area contributed by atoms with E-state index >= 15 is 0 Å². The summed E-state index contributed by atoms with van der Waals surface area (Å²) in [6.45, 7) is 5.80. The number of aryl methyl sites for hydroxylation is 1. The number of hydrogen-bond donors (Lipinski definition) is 2. The van der Waals surface area contributed by atoms with Crippen molar-refractivity contribution in [2.45, 2.75) is 58.2 Å². The van der Waals surface area contributed by atoms with Crippen molar-refractivity contribution in [3.63, 3.8) is 0 Å². The Morgan fingerprint density at radius 2 is 1.97 bits per heavy atom. The Kier molecular flexibility index (Phi) is 6.18. The number of anilines is 2. The zero-order chi connectivity index (χ0) is 25.6. The molecule has 1 aliphatic carbocycles. The van der Waals surface area contributed by atoms with Gasteiger partial charge >= 0.3 is 0 Å². The molecule has 1 aliphatic rings. The highest BCUT2D eigenvalue weighted by molar-refractivity contribution is 5.82. The minimum Gasteiger partial charge on any atom is -0.384 e. The van der Waals surface area contributed by atoms with Crippen molar-refractivity contribution >= 4 is 22.4 Å². The number of likely N-dealkylation sites (N-methyl/N-ethyl adjacent to an activating group) is 1. The van der Waals surface area contributed by atoms with E-state index in [0.29, 0.717) is 40.8 Å². The summed E-state index contributed by atoms with van der Waals surface area (Å²) in [7, 11) is 4.30. The standard InChI is InChI=1S/C28H34N6O2/c1-6-33-27(35)22-17-29-25(16-23(22)34(33)26-9-7-8-24(31-26)28(2,3)36)30-20-12-10-19-15-21(32(4)5)13-11-18(19)14-20/h7-10,12,14,16-17,21,36H,6,11,13,15H2,1-5H3,(H,29,30). The van der Waals surface area contributed by atoms with Crippen molar-refractivity contribution in [3.05, 3.63) is 75.8 Å². The molecule has 1 atom stereocenters. The predicted octanol–water partition coefficient (Wildman–Crippen LogP) is 3.99. The van der Waals surface area contributed by atoms with Gasteiger partial charge in [0.1, 0.15) is 11.4 Å². The van der Waals surface area contributed by atoms with Crippen LogP contribution in [0, 0.1) is 0 Å². The van der Waals surface area contributed by atoms with Gasteiger partial charge in [-0.3, -0.25) is 4.79 Å². The molecule has 2 N–H and O–H groups in total. The van der Waals surface area contributed by atoms with E-state index in [2.05, 4.69) is 52.5 Å². The van der Waals surface area contributed by atoms with Crippen LogP contribution in [0.25, 0.3) is 16.7 Å². The third-order valence-corrected chi connectivity index (χ3v) is 7.11. The van der Waals surface area contributed by atoms with Crippen molar-refractivity contribution in [2.75, 3.05) is 19.4 Å². The second kappa shape index (κ2) is 9.19. The van der Waals surface area contributed by atoms with Crippen molar-refractivity contribution in [2.24, 2.45) is 0 Å². The van der Waals surface area contributed by atoms with E-state index < -0.39 is 5.60 Å². The molecule has 0 bridgehead atoms. The van der Waals surface area contributed by atoms with Crippen LogP contribution in [0.15, 0.2) is 53.5 Å². The number of rotatable bonds is 6. The van der Waals surface area contributed by atoms with Gasteiger partial charge in [-0.05, 0) is 89.5 Å². The number of pyridine rings is 2. The zero-order valence-electron chi connectivity index (χ0n) is 21.6. The first-order chi connectivity index (χ1) is 17.2. The van der Waals surface area contributed by atoms with Crippen LogP contribution in [-0.2, 0) is 25.0 Å². The molecule has 5 rings (SSSR count). The number of aliphatic hydroxyl groups is 1. The molecule has 0 fully saturated rings. The lowest BCUT2D eigenvalue weighted by Crippen LogP contribution is -2.33. The van der Waals surface area contributed by atoms with Gasteiger partial charge in [-0.1, -0.05) is 12.1 Å². The van der Waals surface area contributed by atoms with Gasteiger partial charge in [-0.25, -0.2) is 19.3 Å². The second-order valence-corrected chi connectivity index (χ2v) is 10.3. The molecule has 0 aliphatic heterocycles. The largest absolute Gasteiger partial charge is 0.384 e.